The molecule has 1 rings (SSSR count). The Morgan fingerprint density at radius 3 is 2.45 bits per heavy atom. The van der Waals surface area contributed by atoms with Crippen molar-refractivity contribution < 1.29 is 5.11 Å². The van der Waals surface area contributed by atoms with Crippen molar-refractivity contribution in [2.24, 2.45) is 0 Å². The van der Waals surface area contributed by atoms with Crippen LogP contribution in [-0.4, -0.2) is 41.1 Å². The molecule has 0 amide bonds. The highest BCUT2D eigenvalue weighted by Crippen LogP contribution is 2.09. The summed E-state index contributed by atoms with van der Waals surface area (Å²) in [4.78, 5) is 2.34. The van der Waals surface area contributed by atoms with Gasteiger partial charge < -0.3 is 10.0 Å². The van der Waals surface area contributed by atoms with Gasteiger partial charge in [-0.05, 0) is 25.9 Å². The molecule has 0 aromatic carbocycles. The van der Waals surface area contributed by atoms with Gasteiger partial charge in [0.05, 0.1) is 6.10 Å². The van der Waals surface area contributed by atoms with Crippen LogP contribution >= 0.6 is 15.9 Å². The lowest BCUT2D eigenvalue weighted by Crippen LogP contribution is -2.36. The van der Waals surface area contributed by atoms with E-state index >= 15 is 0 Å². The zero-order chi connectivity index (χ0) is 8.10. The fourth-order valence-electron chi connectivity index (χ4n) is 1.49. The molecule has 1 aliphatic rings. The van der Waals surface area contributed by atoms with Crippen LogP contribution in [0.25, 0.3) is 0 Å². The zero-order valence-electron chi connectivity index (χ0n) is 6.80. The fraction of sp³-hybridized carbons (Fsp3) is 1.00. The van der Waals surface area contributed by atoms with Crippen molar-refractivity contribution in [3.05, 3.63) is 0 Å². The Balaban J connectivity index is 2.13. The minimum Gasteiger partial charge on any atom is -0.391 e. The molecule has 3 heteroatoms. The van der Waals surface area contributed by atoms with E-state index in [0.29, 0.717) is 5.33 Å². The Labute approximate surface area is 76.7 Å². The standard InChI is InChI=1S/C8H16BrNO/c9-6-8(11)7-10-4-2-1-3-5-10/h8,11H,1-7H2/t8-/m1/s1. The third-order valence-corrected chi connectivity index (χ3v) is 2.84. The second-order valence-corrected chi connectivity index (χ2v) is 3.82. The number of aliphatic hydroxyl groups is 1. The van der Waals surface area contributed by atoms with Crippen molar-refractivity contribution in [3.63, 3.8) is 0 Å². The van der Waals surface area contributed by atoms with Crippen LogP contribution in [0.5, 0.6) is 0 Å². The zero-order valence-corrected chi connectivity index (χ0v) is 8.39. The van der Waals surface area contributed by atoms with Crippen LogP contribution in [0.15, 0.2) is 0 Å². The molecule has 0 unspecified atom stereocenters. The topological polar surface area (TPSA) is 23.5 Å². The number of rotatable bonds is 3. The molecule has 1 saturated heterocycles. The van der Waals surface area contributed by atoms with Crippen LogP contribution in [0.3, 0.4) is 0 Å². The number of halogens is 1. The molecule has 1 heterocycles. The first kappa shape index (κ1) is 9.49. The van der Waals surface area contributed by atoms with E-state index in [2.05, 4.69) is 20.8 Å². The molecular formula is C8H16BrNO. The maximum atomic E-state index is 9.32. The third-order valence-electron chi connectivity index (χ3n) is 2.10. The Kier molecular flexibility index (Phi) is 4.41. The molecular weight excluding hydrogens is 206 g/mol. The monoisotopic (exact) mass is 221 g/mol. The highest BCUT2D eigenvalue weighted by atomic mass is 79.9. The van der Waals surface area contributed by atoms with Crippen LogP contribution in [0.4, 0.5) is 0 Å². The number of β-amino-alcohol motifs (C(OH)–C–C–N with tert-alkyl or cyclic N) is 1. The fourth-order valence-corrected chi connectivity index (χ4v) is 1.69. The lowest BCUT2D eigenvalue weighted by atomic mass is 10.1. The second kappa shape index (κ2) is 5.12. The van der Waals surface area contributed by atoms with Crippen molar-refractivity contribution in [2.45, 2.75) is 25.4 Å². The summed E-state index contributed by atoms with van der Waals surface area (Å²) in [5.41, 5.74) is 0. The number of hydrogen-bond donors (Lipinski definition) is 1. The minimum absolute atomic E-state index is 0.187. The van der Waals surface area contributed by atoms with Gasteiger partial charge in [0.1, 0.15) is 0 Å². The smallest absolute Gasteiger partial charge is 0.0763 e. The van der Waals surface area contributed by atoms with Crippen molar-refractivity contribution >= 4 is 15.9 Å². The molecule has 66 valence electrons. The van der Waals surface area contributed by atoms with Gasteiger partial charge in [-0.2, -0.15) is 0 Å². The van der Waals surface area contributed by atoms with E-state index in [-0.39, 0.29) is 6.10 Å². The summed E-state index contributed by atoms with van der Waals surface area (Å²) < 4.78 is 0. The van der Waals surface area contributed by atoms with Gasteiger partial charge in [0, 0.05) is 11.9 Å². The van der Waals surface area contributed by atoms with Gasteiger partial charge in [-0.15, -0.1) is 0 Å². The molecule has 11 heavy (non-hydrogen) atoms. The van der Waals surface area contributed by atoms with Crippen molar-refractivity contribution in [1.82, 2.24) is 4.90 Å². The maximum absolute atomic E-state index is 9.32. The van der Waals surface area contributed by atoms with E-state index in [4.69, 9.17) is 0 Å². The first-order valence-corrected chi connectivity index (χ1v) is 5.41. The first-order valence-electron chi connectivity index (χ1n) is 4.29. The van der Waals surface area contributed by atoms with Gasteiger partial charge >= 0.3 is 0 Å². The second-order valence-electron chi connectivity index (χ2n) is 3.17. The molecule has 0 radical (unpaired) electrons. The Hall–Kier alpha value is 0.400. The molecule has 1 aliphatic heterocycles. The molecule has 0 aliphatic carbocycles. The highest BCUT2D eigenvalue weighted by molar-refractivity contribution is 9.09. The van der Waals surface area contributed by atoms with Gasteiger partial charge in [-0.1, -0.05) is 22.4 Å². The summed E-state index contributed by atoms with van der Waals surface area (Å²) in [7, 11) is 0. The Morgan fingerprint density at radius 1 is 1.27 bits per heavy atom. The highest BCUT2D eigenvalue weighted by Gasteiger charge is 2.12. The van der Waals surface area contributed by atoms with Crippen LogP contribution < -0.4 is 0 Å². The van der Waals surface area contributed by atoms with E-state index in [1.54, 1.807) is 0 Å². The van der Waals surface area contributed by atoms with Crippen LogP contribution in [0.1, 0.15) is 19.3 Å². The van der Waals surface area contributed by atoms with Gasteiger partial charge in [0.25, 0.3) is 0 Å². The number of aliphatic hydroxyl groups excluding tert-OH is 1. The molecule has 1 N–H and O–H groups in total. The molecule has 0 bridgehead atoms. The SMILES string of the molecule is O[C@H](CBr)CN1CCCCC1. The van der Waals surface area contributed by atoms with E-state index in [1.807, 2.05) is 0 Å². The maximum Gasteiger partial charge on any atom is 0.0763 e. The summed E-state index contributed by atoms with van der Waals surface area (Å²) in [6.07, 6.45) is 3.78. The lowest BCUT2D eigenvalue weighted by Gasteiger charge is -2.27. The molecule has 0 aromatic heterocycles. The average molecular weight is 222 g/mol. The summed E-state index contributed by atoms with van der Waals surface area (Å²) >= 11 is 3.26. The summed E-state index contributed by atoms with van der Waals surface area (Å²) in [5, 5.41) is 10.0. The molecule has 1 fully saturated rings. The van der Waals surface area contributed by atoms with Gasteiger partial charge in [0.15, 0.2) is 0 Å². The summed E-state index contributed by atoms with van der Waals surface area (Å²) in [6, 6.07) is 0. The molecule has 0 aromatic rings. The molecule has 2 nitrogen and oxygen atoms in total. The molecule has 1 atom stereocenters. The van der Waals surface area contributed by atoms with Gasteiger partial charge in [0.2, 0.25) is 0 Å². The number of hydrogen-bond acceptors (Lipinski definition) is 2. The van der Waals surface area contributed by atoms with Crippen molar-refractivity contribution in [1.29, 1.82) is 0 Å². The van der Waals surface area contributed by atoms with Crippen LogP contribution in [0.2, 0.25) is 0 Å². The first-order chi connectivity index (χ1) is 5.33. The predicted molar refractivity (Wildman–Crippen MR) is 50.1 cm³/mol. The molecule has 0 saturated carbocycles. The van der Waals surface area contributed by atoms with E-state index in [9.17, 15) is 5.11 Å². The minimum atomic E-state index is -0.187. The number of likely N-dealkylation sites (tertiary alicyclic amines) is 1. The van der Waals surface area contributed by atoms with Crippen LogP contribution in [0, 0.1) is 0 Å². The predicted octanol–water partition coefficient (Wildman–Crippen LogP) is 1.23. The van der Waals surface area contributed by atoms with Crippen molar-refractivity contribution in [2.75, 3.05) is 25.0 Å². The van der Waals surface area contributed by atoms with E-state index in [0.717, 1.165) is 6.54 Å². The lowest BCUT2D eigenvalue weighted by molar-refractivity contribution is 0.118. The number of piperidine rings is 1. The molecule has 0 spiro atoms. The summed E-state index contributed by atoms with van der Waals surface area (Å²) in [6.45, 7) is 3.18. The Bertz CT molecular complexity index is 104. The number of nitrogens with zero attached hydrogens (tertiary/aromatic N) is 1. The van der Waals surface area contributed by atoms with E-state index in [1.165, 1.54) is 32.4 Å². The average Bonchev–Trinajstić information content (AvgIpc) is 2.06. The largest absolute Gasteiger partial charge is 0.391 e. The Morgan fingerprint density at radius 2 is 1.91 bits per heavy atom. The normalized spacial score (nSPS) is 23.5. The van der Waals surface area contributed by atoms with E-state index < -0.39 is 0 Å². The summed E-state index contributed by atoms with van der Waals surface area (Å²) in [5.74, 6) is 0. The van der Waals surface area contributed by atoms with Crippen molar-refractivity contribution in [3.8, 4) is 0 Å². The van der Waals surface area contributed by atoms with Gasteiger partial charge in [-0.3, -0.25) is 0 Å². The van der Waals surface area contributed by atoms with Gasteiger partial charge in [-0.25, -0.2) is 0 Å². The van der Waals surface area contributed by atoms with Crippen LogP contribution in [-0.2, 0) is 0 Å². The quantitative estimate of drug-likeness (QED) is 0.726. The number of alkyl halides is 1. The third kappa shape index (κ3) is 3.54.